The van der Waals surface area contributed by atoms with E-state index in [2.05, 4.69) is 21.2 Å². The van der Waals surface area contributed by atoms with Crippen molar-refractivity contribution in [1.29, 1.82) is 0 Å². The first kappa shape index (κ1) is 27.1. The van der Waals surface area contributed by atoms with Crippen LogP contribution >= 0.6 is 15.9 Å². The fraction of sp³-hybridized carbons (Fsp3) is 0.121. The van der Waals surface area contributed by atoms with Gasteiger partial charge >= 0.3 is 5.97 Å². The van der Waals surface area contributed by atoms with Gasteiger partial charge in [-0.05, 0) is 79.1 Å². The van der Waals surface area contributed by atoms with Gasteiger partial charge in [-0.1, -0.05) is 64.5 Å². The van der Waals surface area contributed by atoms with Gasteiger partial charge in [-0.2, -0.15) is 0 Å². The number of carbonyl (C=O) groups is 2. The third-order valence-corrected chi connectivity index (χ3v) is 7.52. The summed E-state index contributed by atoms with van der Waals surface area (Å²) < 4.78 is 12.3. The van der Waals surface area contributed by atoms with Crippen LogP contribution in [-0.4, -0.2) is 23.5 Å². The van der Waals surface area contributed by atoms with Crippen LogP contribution in [0.4, 0.5) is 5.69 Å². The lowest BCUT2D eigenvalue weighted by Gasteiger charge is -2.13. The number of amides is 1. The maximum atomic E-state index is 13.2. The van der Waals surface area contributed by atoms with Crippen molar-refractivity contribution in [3.63, 3.8) is 0 Å². The van der Waals surface area contributed by atoms with E-state index < -0.39 is 18.5 Å². The zero-order valence-electron chi connectivity index (χ0n) is 22.1. The first-order valence-corrected chi connectivity index (χ1v) is 13.6. The average molecular weight is 595 g/mol. The molecule has 5 aromatic rings. The fourth-order valence-corrected chi connectivity index (χ4v) is 4.70. The molecule has 0 aliphatic rings. The maximum absolute atomic E-state index is 13.2. The lowest BCUT2D eigenvalue weighted by molar-refractivity contribution is -0.119. The number of fused-ring (bicyclic) bond motifs is 1. The molecule has 6 nitrogen and oxygen atoms in total. The van der Waals surface area contributed by atoms with Crippen molar-refractivity contribution in [2.75, 3.05) is 11.9 Å². The highest BCUT2D eigenvalue weighted by Crippen LogP contribution is 2.28. The highest BCUT2D eigenvalue weighted by atomic mass is 79.9. The molecule has 4 aromatic carbocycles. The number of carbonyl (C=O) groups excluding carboxylic acids is 2. The summed E-state index contributed by atoms with van der Waals surface area (Å²) in [7, 11) is 0. The Morgan fingerprint density at radius 1 is 0.850 bits per heavy atom. The van der Waals surface area contributed by atoms with Gasteiger partial charge < -0.3 is 14.8 Å². The van der Waals surface area contributed by atoms with Crippen molar-refractivity contribution in [3.05, 3.63) is 124 Å². The number of hydrogen-bond donors (Lipinski definition) is 1. The number of pyridine rings is 1. The number of nitrogens with zero attached hydrogens (tertiary/aromatic N) is 1. The van der Waals surface area contributed by atoms with Crippen LogP contribution in [0.2, 0.25) is 0 Å². The highest BCUT2D eigenvalue weighted by molar-refractivity contribution is 9.10. The summed E-state index contributed by atoms with van der Waals surface area (Å²) in [5, 5.41) is 3.48. The number of halogens is 1. The predicted octanol–water partition coefficient (Wildman–Crippen LogP) is 7.66. The Morgan fingerprint density at radius 2 is 1.57 bits per heavy atom. The second kappa shape index (κ2) is 12.1. The molecule has 1 heterocycles. The van der Waals surface area contributed by atoms with E-state index in [4.69, 9.17) is 14.5 Å². The maximum Gasteiger partial charge on any atom is 0.339 e. The molecule has 1 amide bonds. The zero-order chi connectivity index (χ0) is 28.1. The van der Waals surface area contributed by atoms with Crippen LogP contribution in [0.15, 0.2) is 102 Å². The molecule has 200 valence electrons. The Morgan fingerprint density at radius 3 is 2.35 bits per heavy atom. The van der Waals surface area contributed by atoms with Gasteiger partial charge in [-0.25, -0.2) is 9.78 Å². The van der Waals surface area contributed by atoms with E-state index in [0.717, 1.165) is 32.5 Å². The van der Waals surface area contributed by atoms with Gasteiger partial charge in [-0.3, -0.25) is 4.79 Å². The minimum Gasteiger partial charge on any atom is -0.489 e. The minimum absolute atomic E-state index is 0.341. The molecular formula is C33H27BrN2O4. The standard InChI is InChI=1S/C33H27BrN2O4/c1-21-22(2)29(17-16-28(21)34)36-32(37)20-40-33(38)27-18-31(35-30-11-7-6-10-26(27)30)24-12-14-25(15-13-24)39-19-23-8-4-3-5-9-23/h3-18H,19-20H2,1-2H3,(H,36,37). The third-order valence-electron chi connectivity index (χ3n) is 6.66. The number of aromatic nitrogens is 1. The van der Waals surface area contributed by atoms with Crippen molar-refractivity contribution in [2.24, 2.45) is 0 Å². The first-order chi connectivity index (χ1) is 19.4. The number of anilines is 1. The van der Waals surface area contributed by atoms with Crippen LogP contribution in [0, 0.1) is 13.8 Å². The molecule has 0 bridgehead atoms. The first-order valence-electron chi connectivity index (χ1n) is 12.8. The van der Waals surface area contributed by atoms with Gasteiger partial charge in [0.25, 0.3) is 5.91 Å². The number of hydrogen-bond acceptors (Lipinski definition) is 5. The van der Waals surface area contributed by atoms with Crippen molar-refractivity contribution in [3.8, 4) is 17.0 Å². The smallest absolute Gasteiger partial charge is 0.339 e. The Bertz CT molecular complexity index is 1690. The van der Waals surface area contributed by atoms with E-state index in [1.165, 1.54) is 0 Å². The average Bonchev–Trinajstić information content (AvgIpc) is 2.99. The van der Waals surface area contributed by atoms with Gasteiger partial charge in [0.05, 0.1) is 16.8 Å². The zero-order valence-corrected chi connectivity index (χ0v) is 23.7. The fourth-order valence-electron chi connectivity index (χ4n) is 4.27. The second-order valence-electron chi connectivity index (χ2n) is 9.34. The van der Waals surface area contributed by atoms with E-state index in [1.54, 1.807) is 6.07 Å². The van der Waals surface area contributed by atoms with Crippen molar-refractivity contribution in [2.45, 2.75) is 20.5 Å². The molecule has 7 heteroatoms. The highest BCUT2D eigenvalue weighted by Gasteiger charge is 2.17. The Balaban J connectivity index is 1.31. The van der Waals surface area contributed by atoms with E-state index in [-0.39, 0.29) is 0 Å². The van der Waals surface area contributed by atoms with Crippen LogP contribution in [0.5, 0.6) is 5.75 Å². The number of nitrogens with one attached hydrogen (secondary N) is 1. The molecular weight excluding hydrogens is 568 g/mol. The summed E-state index contributed by atoms with van der Waals surface area (Å²) in [5.41, 5.74) is 6.17. The summed E-state index contributed by atoms with van der Waals surface area (Å²) in [6.45, 7) is 3.95. The van der Waals surface area contributed by atoms with Crippen molar-refractivity contribution < 1.29 is 19.1 Å². The van der Waals surface area contributed by atoms with E-state index in [9.17, 15) is 9.59 Å². The Kier molecular flexibility index (Phi) is 8.22. The van der Waals surface area contributed by atoms with Gasteiger partial charge in [0.1, 0.15) is 12.4 Å². The SMILES string of the molecule is Cc1c(Br)ccc(NC(=O)COC(=O)c2cc(-c3ccc(OCc4ccccc4)cc3)nc3ccccc23)c1C. The molecule has 40 heavy (non-hydrogen) atoms. The molecule has 0 atom stereocenters. The number of benzene rings is 4. The van der Waals surface area contributed by atoms with E-state index in [1.807, 2.05) is 105 Å². The number of para-hydroxylation sites is 1. The normalized spacial score (nSPS) is 10.8. The van der Waals surface area contributed by atoms with Crippen LogP contribution in [0.1, 0.15) is 27.0 Å². The van der Waals surface area contributed by atoms with Gasteiger partial charge in [0, 0.05) is 21.1 Å². The van der Waals surface area contributed by atoms with Crippen molar-refractivity contribution >= 4 is 44.4 Å². The Labute approximate surface area is 241 Å². The molecule has 1 N–H and O–H groups in total. The lowest BCUT2D eigenvalue weighted by Crippen LogP contribution is -2.21. The largest absolute Gasteiger partial charge is 0.489 e. The second-order valence-corrected chi connectivity index (χ2v) is 10.2. The molecule has 0 fully saturated rings. The minimum atomic E-state index is -0.596. The monoisotopic (exact) mass is 594 g/mol. The van der Waals surface area contributed by atoms with E-state index >= 15 is 0 Å². The van der Waals surface area contributed by atoms with Crippen LogP contribution < -0.4 is 10.1 Å². The number of ether oxygens (including phenoxy) is 2. The van der Waals surface area contributed by atoms with Gasteiger partial charge in [-0.15, -0.1) is 0 Å². The number of esters is 1. The Hall–Kier alpha value is -4.49. The van der Waals surface area contributed by atoms with Gasteiger partial charge in [0.15, 0.2) is 6.61 Å². The molecule has 1 aromatic heterocycles. The summed E-state index contributed by atoms with van der Waals surface area (Å²) in [4.78, 5) is 30.5. The van der Waals surface area contributed by atoms with Crippen LogP contribution in [-0.2, 0) is 16.1 Å². The molecule has 0 spiro atoms. The molecule has 5 rings (SSSR count). The third kappa shape index (κ3) is 6.21. The predicted molar refractivity (Wildman–Crippen MR) is 160 cm³/mol. The topological polar surface area (TPSA) is 77.5 Å². The molecule has 0 aliphatic carbocycles. The molecule has 0 saturated heterocycles. The number of rotatable bonds is 8. The summed E-state index contributed by atoms with van der Waals surface area (Å²) in [6.07, 6.45) is 0. The molecule has 0 radical (unpaired) electrons. The summed E-state index contributed by atoms with van der Waals surface area (Å²) >= 11 is 3.49. The lowest BCUT2D eigenvalue weighted by atomic mass is 10.0. The van der Waals surface area contributed by atoms with Crippen LogP contribution in [0.25, 0.3) is 22.2 Å². The summed E-state index contributed by atoms with van der Waals surface area (Å²) in [6, 6.07) is 30.3. The quantitative estimate of drug-likeness (QED) is 0.187. The summed E-state index contributed by atoms with van der Waals surface area (Å²) in [5.74, 6) is -0.278. The molecule has 0 saturated carbocycles. The van der Waals surface area contributed by atoms with Crippen LogP contribution in [0.3, 0.4) is 0 Å². The van der Waals surface area contributed by atoms with Crippen molar-refractivity contribution in [1.82, 2.24) is 4.98 Å². The molecule has 0 unspecified atom stereocenters. The van der Waals surface area contributed by atoms with Gasteiger partial charge in [0.2, 0.25) is 0 Å². The molecule has 0 aliphatic heterocycles. The van der Waals surface area contributed by atoms with E-state index in [0.29, 0.717) is 34.5 Å².